The zero-order valence-corrected chi connectivity index (χ0v) is 12.2. The summed E-state index contributed by atoms with van der Waals surface area (Å²) in [7, 11) is 0. The Morgan fingerprint density at radius 1 is 1.10 bits per heavy atom. The van der Waals surface area contributed by atoms with Crippen LogP contribution >= 0.6 is 15.9 Å². The fraction of sp³-hybridized carbons (Fsp3) is 0.0714. The first-order valence-corrected chi connectivity index (χ1v) is 6.87. The van der Waals surface area contributed by atoms with Gasteiger partial charge in [0.2, 0.25) is 0 Å². The fourth-order valence-corrected chi connectivity index (χ4v) is 2.27. The van der Waals surface area contributed by atoms with E-state index in [2.05, 4.69) is 36.2 Å². The van der Waals surface area contributed by atoms with Crippen LogP contribution in [0, 0.1) is 11.6 Å². The van der Waals surface area contributed by atoms with Crippen LogP contribution in [0.2, 0.25) is 0 Å². The monoisotopic (exact) mass is 350 g/mol. The summed E-state index contributed by atoms with van der Waals surface area (Å²) in [5.74, 6) is -0.832. The minimum absolute atomic E-state index is 0.102. The molecule has 0 bridgehead atoms. The highest BCUT2D eigenvalue weighted by atomic mass is 79.9. The molecule has 2 heterocycles. The van der Waals surface area contributed by atoms with Gasteiger partial charge in [-0.05, 0) is 18.2 Å². The molecule has 21 heavy (non-hydrogen) atoms. The van der Waals surface area contributed by atoms with Crippen molar-refractivity contribution in [1.29, 1.82) is 0 Å². The molecule has 1 aromatic carbocycles. The minimum Gasteiger partial charge on any atom is -0.364 e. The van der Waals surface area contributed by atoms with Gasteiger partial charge in [0.25, 0.3) is 0 Å². The second kappa shape index (κ2) is 5.69. The van der Waals surface area contributed by atoms with Crippen molar-refractivity contribution in [3.8, 4) is 0 Å². The molecule has 0 aliphatic carbocycles. The topological polar surface area (TPSA) is 50.7 Å². The maximum atomic E-state index is 13.5. The van der Waals surface area contributed by atoms with Gasteiger partial charge in [0.15, 0.2) is 0 Å². The lowest BCUT2D eigenvalue weighted by atomic mass is 10.2. The number of anilines is 1. The summed E-state index contributed by atoms with van der Waals surface area (Å²) in [4.78, 5) is 12.0. The van der Waals surface area contributed by atoms with Crippen LogP contribution in [0.15, 0.2) is 41.3 Å². The molecule has 0 spiro atoms. The normalized spacial score (nSPS) is 10.8. The van der Waals surface area contributed by atoms with E-state index in [9.17, 15) is 8.78 Å². The van der Waals surface area contributed by atoms with Crippen molar-refractivity contribution in [3.05, 3.63) is 58.6 Å². The van der Waals surface area contributed by atoms with E-state index < -0.39 is 11.6 Å². The summed E-state index contributed by atoms with van der Waals surface area (Å²) in [5, 5.41) is 3.79. The van der Waals surface area contributed by atoms with Crippen LogP contribution in [0.1, 0.15) is 5.69 Å². The van der Waals surface area contributed by atoms with Crippen molar-refractivity contribution in [2.75, 3.05) is 5.32 Å². The lowest BCUT2D eigenvalue weighted by Gasteiger charge is -2.08. The molecule has 2 aromatic heterocycles. The number of pyridine rings is 1. The van der Waals surface area contributed by atoms with E-state index in [1.54, 1.807) is 0 Å². The van der Waals surface area contributed by atoms with Gasteiger partial charge in [-0.1, -0.05) is 15.9 Å². The van der Waals surface area contributed by atoms with Crippen molar-refractivity contribution in [2.24, 2.45) is 0 Å². The second-order valence-electron chi connectivity index (χ2n) is 4.32. The number of aromatic nitrogens is 3. The van der Waals surface area contributed by atoms with E-state index in [0.29, 0.717) is 5.82 Å². The first-order valence-electron chi connectivity index (χ1n) is 6.07. The zero-order valence-electron chi connectivity index (χ0n) is 10.6. The molecule has 0 radical (unpaired) electrons. The number of halogens is 3. The Labute approximate surface area is 127 Å². The van der Waals surface area contributed by atoms with Crippen LogP contribution in [-0.2, 0) is 6.54 Å². The van der Waals surface area contributed by atoms with Crippen LogP contribution < -0.4 is 5.32 Å². The molecule has 0 saturated carbocycles. The van der Waals surface area contributed by atoms with Gasteiger partial charge < -0.3 is 5.32 Å². The summed E-state index contributed by atoms with van der Waals surface area (Å²) in [6.07, 6.45) is 2.40. The highest BCUT2D eigenvalue weighted by molar-refractivity contribution is 9.10. The Hall–Kier alpha value is -2.15. The molecule has 1 N–H and O–H groups in total. The Morgan fingerprint density at radius 2 is 1.95 bits per heavy atom. The number of hydrogen-bond donors (Lipinski definition) is 1. The summed E-state index contributed by atoms with van der Waals surface area (Å²) < 4.78 is 27.3. The molecule has 106 valence electrons. The lowest BCUT2D eigenvalue weighted by Crippen LogP contribution is -2.06. The van der Waals surface area contributed by atoms with Crippen LogP contribution in [0.3, 0.4) is 0 Å². The van der Waals surface area contributed by atoms with Gasteiger partial charge >= 0.3 is 0 Å². The third-order valence-corrected chi connectivity index (χ3v) is 3.40. The van der Waals surface area contributed by atoms with Crippen molar-refractivity contribution < 1.29 is 8.78 Å². The minimum atomic E-state index is -0.701. The van der Waals surface area contributed by atoms with Crippen LogP contribution in [-0.4, -0.2) is 15.0 Å². The molecule has 4 nitrogen and oxygen atoms in total. The van der Waals surface area contributed by atoms with E-state index in [1.165, 1.54) is 6.33 Å². The number of benzene rings is 1. The molecular weight excluding hydrogens is 342 g/mol. The molecular formula is C14H9BrF2N4. The number of fused-ring (bicyclic) bond motifs is 1. The SMILES string of the molecule is Fc1cnc(CNc2ncnc3ccc(Br)cc23)c(F)c1. The van der Waals surface area contributed by atoms with Crippen molar-refractivity contribution in [2.45, 2.75) is 6.54 Å². The van der Waals surface area contributed by atoms with Crippen LogP contribution in [0.25, 0.3) is 10.9 Å². The molecule has 0 saturated heterocycles. The Bertz CT molecular complexity index is 810. The molecule has 0 atom stereocenters. The van der Waals surface area contributed by atoms with Crippen molar-refractivity contribution >= 4 is 32.7 Å². The van der Waals surface area contributed by atoms with E-state index in [1.807, 2.05) is 18.2 Å². The summed E-state index contributed by atoms with van der Waals surface area (Å²) in [5.41, 5.74) is 0.890. The number of hydrogen-bond acceptors (Lipinski definition) is 4. The summed E-state index contributed by atoms with van der Waals surface area (Å²) >= 11 is 3.38. The Kier molecular flexibility index (Phi) is 3.74. The number of nitrogens with one attached hydrogen (secondary N) is 1. The van der Waals surface area contributed by atoms with Crippen LogP contribution in [0.4, 0.5) is 14.6 Å². The van der Waals surface area contributed by atoms with Crippen molar-refractivity contribution in [3.63, 3.8) is 0 Å². The summed E-state index contributed by atoms with van der Waals surface area (Å²) in [6.45, 7) is 0.102. The van der Waals surface area contributed by atoms with Crippen molar-refractivity contribution in [1.82, 2.24) is 15.0 Å². The predicted octanol–water partition coefficient (Wildman–Crippen LogP) is 3.68. The first-order chi connectivity index (χ1) is 10.1. The third kappa shape index (κ3) is 2.97. The molecule has 3 aromatic rings. The predicted molar refractivity (Wildman–Crippen MR) is 78.7 cm³/mol. The highest BCUT2D eigenvalue weighted by Gasteiger charge is 2.08. The van der Waals surface area contributed by atoms with E-state index in [4.69, 9.17) is 0 Å². The number of nitrogens with zero attached hydrogens (tertiary/aromatic N) is 3. The Balaban J connectivity index is 1.90. The van der Waals surface area contributed by atoms with Gasteiger partial charge in [-0.15, -0.1) is 0 Å². The standard InChI is InChI=1S/C14H9BrF2N4/c15-8-1-2-12-10(3-8)14(21-7-20-12)19-6-13-11(17)4-9(16)5-18-13/h1-5,7H,6H2,(H,19,20,21). The van der Waals surface area contributed by atoms with Gasteiger partial charge in [-0.3, -0.25) is 4.98 Å². The maximum absolute atomic E-state index is 13.5. The highest BCUT2D eigenvalue weighted by Crippen LogP contribution is 2.23. The quantitative estimate of drug-likeness (QED) is 0.782. The zero-order chi connectivity index (χ0) is 14.8. The number of rotatable bonds is 3. The molecule has 0 aliphatic heterocycles. The summed E-state index contributed by atoms with van der Waals surface area (Å²) in [6, 6.07) is 6.40. The maximum Gasteiger partial charge on any atom is 0.149 e. The molecule has 7 heteroatoms. The smallest absolute Gasteiger partial charge is 0.149 e. The van der Waals surface area contributed by atoms with Gasteiger partial charge in [0.1, 0.15) is 23.8 Å². The van der Waals surface area contributed by atoms with Gasteiger partial charge in [-0.25, -0.2) is 18.7 Å². The Morgan fingerprint density at radius 3 is 2.76 bits per heavy atom. The van der Waals surface area contributed by atoms with Gasteiger partial charge in [0.05, 0.1) is 24.0 Å². The molecule has 0 aliphatic rings. The largest absolute Gasteiger partial charge is 0.364 e. The lowest BCUT2D eigenvalue weighted by molar-refractivity contribution is 0.560. The third-order valence-electron chi connectivity index (χ3n) is 2.90. The van der Waals surface area contributed by atoms with E-state index >= 15 is 0 Å². The van der Waals surface area contributed by atoms with Crippen LogP contribution in [0.5, 0.6) is 0 Å². The molecule has 0 unspecified atom stereocenters. The molecule has 3 rings (SSSR count). The first kappa shape index (κ1) is 13.8. The van der Waals surface area contributed by atoms with Gasteiger partial charge in [0, 0.05) is 15.9 Å². The van der Waals surface area contributed by atoms with E-state index in [0.717, 1.165) is 27.6 Å². The average molecular weight is 351 g/mol. The average Bonchev–Trinajstić information content (AvgIpc) is 2.46. The molecule has 0 fully saturated rings. The van der Waals surface area contributed by atoms with Gasteiger partial charge in [-0.2, -0.15) is 0 Å². The molecule has 0 amide bonds. The van der Waals surface area contributed by atoms with E-state index in [-0.39, 0.29) is 12.2 Å². The second-order valence-corrected chi connectivity index (χ2v) is 5.24. The fourth-order valence-electron chi connectivity index (χ4n) is 1.91.